The first-order valence-corrected chi connectivity index (χ1v) is 10.5. The number of hydrogen-bond donors (Lipinski definition) is 0. The van der Waals surface area contributed by atoms with Gasteiger partial charge in [0.25, 0.3) is 0 Å². The van der Waals surface area contributed by atoms with Crippen LogP contribution in [0.2, 0.25) is 0 Å². The molecular formula is C22H31N3O3. The zero-order valence-electron chi connectivity index (χ0n) is 17.2. The fourth-order valence-corrected chi connectivity index (χ4v) is 5.24. The van der Waals surface area contributed by atoms with Gasteiger partial charge in [0.1, 0.15) is 11.8 Å². The molecule has 1 atom stereocenters. The summed E-state index contributed by atoms with van der Waals surface area (Å²) < 4.78 is 5.33. The van der Waals surface area contributed by atoms with Crippen molar-refractivity contribution >= 4 is 17.5 Å². The number of amides is 2. The highest BCUT2D eigenvalue weighted by Gasteiger charge is 2.65. The first-order chi connectivity index (χ1) is 13.5. The summed E-state index contributed by atoms with van der Waals surface area (Å²) in [6.07, 6.45) is 3.86. The van der Waals surface area contributed by atoms with E-state index >= 15 is 0 Å². The van der Waals surface area contributed by atoms with Gasteiger partial charge < -0.3 is 19.4 Å². The molecule has 4 rings (SSSR count). The zero-order chi connectivity index (χ0) is 19.9. The van der Waals surface area contributed by atoms with Crippen LogP contribution in [0.1, 0.15) is 39.5 Å². The maximum Gasteiger partial charge on any atom is 0.246 e. The Bertz CT molecular complexity index is 749. The molecule has 3 fully saturated rings. The van der Waals surface area contributed by atoms with Crippen LogP contribution in [0.4, 0.5) is 5.69 Å². The van der Waals surface area contributed by atoms with Gasteiger partial charge in [-0.1, -0.05) is 18.9 Å². The van der Waals surface area contributed by atoms with Crippen LogP contribution in [0.3, 0.4) is 0 Å². The highest BCUT2D eigenvalue weighted by Crippen LogP contribution is 2.52. The molecule has 0 aromatic heterocycles. The predicted octanol–water partition coefficient (Wildman–Crippen LogP) is 2.52. The molecule has 2 saturated heterocycles. The van der Waals surface area contributed by atoms with Crippen LogP contribution in [-0.2, 0) is 9.59 Å². The van der Waals surface area contributed by atoms with Crippen LogP contribution < -0.4 is 9.64 Å². The van der Waals surface area contributed by atoms with Crippen LogP contribution in [0.5, 0.6) is 5.75 Å². The smallest absolute Gasteiger partial charge is 0.246 e. The third kappa shape index (κ3) is 2.93. The van der Waals surface area contributed by atoms with E-state index in [2.05, 4.69) is 11.0 Å². The molecule has 1 aromatic rings. The van der Waals surface area contributed by atoms with Gasteiger partial charge in [-0.3, -0.25) is 9.59 Å². The lowest BCUT2D eigenvalue weighted by atomic mass is 9.67. The number of carbonyl (C=O) groups is 2. The molecule has 0 bridgehead atoms. The fourth-order valence-electron chi connectivity index (χ4n) is 5.24. The monoisotopic (exact) mass is 385 g/mol. The van der Waals surface area contributed by atoms with Crippen LogP contribution in [0.15, 0.2) is 24.3 Å². The maximum absolute atomic E-state index is 13.4. The van der Waals surface area contributed by atoms with Crippen molar-refractivity contribution in [1.82, 2.24) is 9.80 Å². The standard InChI is InChI=1S/C22H31N3O3/c1-16(2)25-19(22(21(25)27)9-4-5-10-22)20(26)24-13-11-23(12-14-24)17-7-6-8-18(15-17)28-3/h6-8,15-16,19H,4-5,9-14H2,1-3H3. The van der Waals surface area contributed by atoms with E-state index in [1.807, 2.05) is 41.8 Å². The van der Waals surface area contributed by atoms with Gasteiger partial charge >= 0.3 is 0 Å². The van der Waals surface area contributed by atoms with E-state index in [4.69, 9.17) is 4.74 Å². The van der Waals surface area contributed by atoms with Crippen molar-refractivity contribution in [3.8, 4) is 5.75 Å². The van der Waals surface area contributed by atoms with Crippen LogP contribution in [0.25, 0.3) is 0 Å². The van der Waals surface area contributed by atoms with Gasteiger partial charge in [0.2, 0.25) is 11.8 Å². The van der Waals surface area contributed by atoms with Gasteiger partial charge in [0, 0.05) is 44.0 Å². The molecule has 6 heteroatoms. The number of ether oxygens (including phenoxy) is 1. The number of methoxy groups -OCH3 is 1. The Kier molecular flexibility index (Phi) is 4.98. The number of likely N-dealkylation sites (tertiary alicyclic amines) is 1. The third-order valence-electron chi connectivity index (χ3n) is 6.76. The molecule has 3 aliphatic rings. The maximum atomic E-state index is 13.4. The summed E-state index contributed by atoms with van der Waals surface area (Å²) in [6.45, 7) is 7.02. The Morgan fingerprint density at radius 3 is 2.43 bits per heavy atom. The molecule has 6 nitrogen and oxygen atoms in total. The molecule has 1 aromatic carbocycles. The fraction of sp³-hybridized carbons (Fsp3) is 0.636. The van der Waals surface area contributed by atoms with Crippen molar-refractivity contribution in [2.45, 2.75) is 51.6 Å². The number of piperazine rings is 1. The van der Waals surface area contributed by atoms with Crippen LogP contribution in [0, 0.1) is 5.41 Å². The van der Waals surface area contributed by atoms with E-state index < -0.39 is 5.41 Å². The predicted molar refractivity (Wildman–Crippen MR) is 108 cm³/mol. The molecule has 1 spiro atoms. The van der Waals surface area contributed by atoms with E-state index in [-0.39, 0.29) is 23.9 Å². The second-order valence-electron chi connectivity index (χ2n) is 8.59. The van der Waals surface area contributed by atoms with E-state index in [9.17, 15) is 9.59 Å². The van der Waals surface area contributed by atoms with Crippen molar-refractivity contribution in [1.29, 1.82) is 0 Å². The topological polar surface area (TPSA) is 53.1 Å². The molecule has 0 radical (unpaired) electrons. The molecule has 0 N–H and O–H groups in total. The summed E-state index contributed by atoms with van der Waals surface area (Å²) in [4.78, 5) is 32.4. The Morgan fingerprint density at radius 1 is 1.14 bits per heavy atom. The number of nitrogens with zero attached hydrogens (tertiary/aromatic N) is 3. The highest BCUT2D eigenvalue weighted by atomic mass is 16.5. The molecule has 1 saturated carbocycles. The van der Waals surface area contributed by atoms with E-state index in [0.29, 0.717) is 13.1 Å². The Hall–Kier alpha value is -2.24. The molecule has 152 valence electrons. The van der Waals surface area contributed by atoms with Crippen LogP contribution in [-0.4, -0.2) is 67.0 Å². The van der Waals surface area contributed by atoms with Crippen LogP contribution >= 0.6 is 0 Å². The molecule has 2 aliphatic heterocycles. The minimum Gasteiger partial charge on any atom is -0.497 e. The molecule has 2 heterocycles. The SMILES string of the molecule is COc1cccc(N2CCN(C(=O)C3N(C(C)C)C(=O)C34CCCC4)CC2)c1. The first-order valence-electron chi connectivity index (χ1n) is 10.5. The van der Waals surface area contributed by atoms with Gasteiger partial charge in [-0.2, -0.15) is 0 Å². The lowest BCUT2D eigenvalue weighted by Crippen LogP contribution is -2.74. The Balaban J connectivity index is 1.45. The lowest BCUT2D eigenvalue weighted by molar-refractivity contribution is -0.185. The average Bonchev–Trinajstić information content (AvgIpc) is 3.23. The van der Waals surface area contributed by atoms with Gasteiger partial charge in [0.15, 0.2) is 0 Å². The minimum absolute atomic E-state index is 0.0748. The quantitative estimate of drug-likeness (QED) is 0.748. The molecule has 1 unspecified atom stereocenters. The average molecular weight is 386 g/mol. The summed E-state index contributed by atoms with van der Waals surface area (Å²) >= 11 is 0. The van der Waals surface area contributed by atoms with E-state index in [1.165, 1.54) is 0 Å². The summed E-state index contributed by atoms with van der Waals surface area (Å²) in [6, 6.07) is 7.88. The summed E-state index contributed by atoms with van der Waals surface area (Å²) in [5.74, 6) is 1.20. The molecule has 2 amide bonds. The van der Waals surface area contributed by atoms with E-state index in [1.54, 1.807) is 7.11 Å². The number of rotatable bonds is 4. The lowest BCUT2D eigenvalue weighted by Gasteiger charge is -2.56. The summed E-state index contributed by atoms with van der Waals surface area (Å²) in [5.41, 5.74) is 0.715. The van der Waals surface area contributed by atoms with Gasteiger partial charge in [-0.05, 0) is 38.8 Å². The highest BCUT2D eigenvalue weighted by molar-refractivity contribution is 6.02. The van der Waals surface area contributed by atoms with Gasteiger partial charge in [0.05, 0.1) is 12.5 Å². The Morgan fingerprint density at radius 2 is 1.82 bits per heavy atom. The molecule has 1 aliphatic carbocycles. The summed E-state index contributed by atoms with van der Waals surface area (Å²) in [5, 5.41) is 0. The number of hydrogen-bond acceptors (Lipinski definition) is 4. The second kappa shape index (κ2) is 7.30. The second-order valence-corrected chi connectivity index (χ2v) is 8.59. The zero-order valence-corrected chi connectivity index (χ0v) is 17.2. The van der Waals surface area contributed by atoms with Gasteiger partial charge in [-0.15, -0.1) is 0 Å². The third-order valence-corrected chi connectivity index (χ3v) is 6.76. The summed E-state index contributed by atoms with van der Waals surface area (Å²) in [7, 11) is 1.68. The number of carbonyl (C=O) groups excluding carboxylic acids is 2. The van der Waals surface area contributed by atoms with Crippen molar-refractivity contribution in [3.63, 3.8) is 0 Å². The minimum atomic E-state index is -0.411. The largest absolute Gasteiger partial charge is 0.497 e. The first kappa shape index (κ1) is 19.1. The molecular weight excluding hydrogens is 354 g/mol. The number of anilines is 1. The van der Waals surface area contributed by atoms with E-state index in [0.717, 1.165) is 50.2 Å². The van der Waals surface area contributed by atoms with Crippen molar-refractivity contribution in [2.75, 3.05) is 38.2 Å². The molecule has 28 heavy (non-hydrogen) atoms. The normalized spacial score (nSPS) is 24.1. The van der Waals surface area contributed by atoms with Crippen molar-refractivity contribution < 1.29 is 14.3 Å². The van der Waals surface area contributed by atoms with Crippen molar-refractivity contribution in [2.24, 2.45) is 5.41 Å². The van der Waals surface area contributed by atoms with Gasteiger partial charge in [-0.25, -0.2) is 0 Å². The van der Waals surface area contributed by atoms with Crippen molar-refractivity contribution in [3.05, 3.63) is 24.3 Å². The number of β-lactam (4-membered cyclic amide) rings is 1. The number of benzene rings is 1. The Labute approximate surface area is 167 Å².